The Balaban J connectivity index is 2.27. The number of nitrogens with one attached hydrogen (secondary N) is 2. The van der Waals surface area contributed by atoms with Crippen molar-refractivity contribution in [2.24, 2.45) is 5.41 Å². The van der Waals surface area contributed by atoms with Crippen LogP contribution in [0.5, 0.6) is 0 Å². The predicted octanol–water partition coefficient (Wildman–Crippen LogP) is 2.09. The molecule has 3 N–H and O–H groups in total. The standard InChI is InChI=1S/C15H18N4O5/c1-3-15(4-2,14(21)22)8-16-13(20)12-10-7-9(19(23)24)5-6-11(10)17-18-12/h5-7H,3-4,8H2,1-2H3,(H,16,20)(H,17,18)(H,21,22). The van der Waals surface area contributed by atoms with Crippen LogP contribution in [-0.2, 0) is 4.79 Å². The Morgan fingerprint density at radius 3 is 2.58 bits per heavy atom. The van der Waals surface area contributed by atoms with Gasteiger partial charge < -0.3 is 10.4 Å². The first-order valence-corrected chi connectivity index (χ1v) is 7.48. The van der Waals surface area contributed by atoms with Crippen molar-refractivity contribution in [1.29, 1.82) is 0 Å². The molecule has 0 radical (unpaired) electrons. The third-order valence-corrected chi connectivity index (χ3v) is 4.37. The number of fused-ring (bicyclic) bond motifs is 1. The van der Waals surface area contributed by atoms with Gasteiger partial charge in [-0.25, -0.2) is 0 Å². The number of aromatic nitrogens is 2. The van der Waals surface area contributed by atoms with Gasteiger partial charge in [0.2, 0.25) is 0 Å². The van der Waals surface area contributed by atoms with Gasteiger partial charge in [-0.05, 0) is 18.9 Å². The number of nitrogens with zero attached hydrogens (tertiary/aromatic N) is 2. The first-order chi connectivity index (χ1) is 11.3. The van der Waals surface area contributed by atoms with E-state index in [4.69, 9.17) is 0 Å². The summed E-state index contributed by atoms with van der Waals surface area (Å²) >= 11 is 0. The van der Waals surface area contributed by atoms with E-state index in [1.54, 1.807) is 13.8 Å². The fourth-order valence-electron chi connectivity index (χ4n) is 2.50. The SMILES string of the molecule is CCC(CC)(CNC(=O)c1n[nH]c2ccc([N+](=O)[O-])cc12)C(=O)O. The molecule has 0 saturated heterocycles. The largest absolute Gasteiger partial charge is 0.481 e. The van der Waals surface area contributed by atoms with Gasteiger partial charge in [0.15, 0.2) is 5.69 Å². The monoisotopic (exact) mass is 334 g/mol. The third-order valence-electron chi connectivity index (χ3n) is 4.37. The van der Waals surface area contributed by atoms with Gasteiger partial charge >= 0.3 is 5.97 Å². The molecule has 0 aliphatic heterocycles. The van der Waals surface area contributed by atoms with Crippen LogP contribution in [0.15, 0.2) is 18.2 Å². The number of hydrogen-bond acceptors (Lipinski definition) is 5. The Kier molecular flexibility index (Phi) is 4.82. The van der Waals surface area contributed by atoms with Gasteiger partial charge in [-0.3, -0.25) is 24.8 Å². The summed E-state index contributed by atoms with van der Waals surface area (Å²) < 4.78 is 0. The normalized spacial score (nSPS) is 11.4. The van der Waals surface area contributed by atoms with E-state index in [0.717, 1.165) is 0 Å². The summed E-state index contributed by atoms with van der Waals surface area (Å²) in [6.45, 7) is 3.45. The van der Waals surface area contributed by atoms with Crippen molar-refractivity contribution in [3.8, 4) is 0 Å². The summed E-state index contributed by atoms with van der Waals surface area (Å²) in [4.78, 5) is 34.1. The zero-order valence-electron chi connectivity index (χ0n) is 13.3. The van der Waals surface area contributed by atoms with Crippen LogP contribution in [0.3, 0.4) is 0 Å². The Labute approximate surface area is 137 Å². The maximum Gasteiger partial charge on any atom is 0.311 e. The highest BCUT2D eigenvalue weighted by Gasteiger charge is 2.35. The molecule has 0 bridgehead atoms. The number of hydrogen-bond donors (Lipinski definition) is 3. The van der Waals surface area contributed by atoms with Crippen LogP contribution in [0.2, 0.25) is 0 Å². The molecule has 2 aromatic rings. The molecule has 0 spiro atoms. The lowest BCUT2D eigenvalue weighted by Crippen LogP contribution is -2.42. The van der Waals surface area contributed by atoms with Crippen LogP contribution >= 0.6 is 0 Å². The molecule has 1 heterocycles. The van der Waals surface area contributed by atoms with Crippen LogP contribution in [0.25, 0.3) is 10.9 Å². The van der Waals surface area contributed by atoms with E-state index in [9.17, 15) is 24.8 Å². The molecule has 9 nitrogen and oxygen atoms in total. The third kappa shape index (κ3) is 3.05. The smallest absolute Gasteiger partial charge is 0.311 e. The van der Waals surface area contributed by atoms with Crippen molar-refractivity contribution in [1.82, 2.24) is 15.5 Å². The van der Waals surface area contributed by atoms with Crippen LogP contribution in [0.1, 0.15) is 37.2 Å². The lowest BCUT2D eigenvalue weighted by atomic mass is 9.82. The van der Waals surface area contributed by atoms with E-state index in [1.165, 1.54) is 18.2 Å². The lowest BCUT2D eigenvalue weighted by Gasteiger charge is -2.26. The molecule has 128 valence electrons. The number of rotatable bonds is 7. The first-order valence-electron chi connectivity index (χ1n) is 7.48. The van der Waals surface area contributed by atoms with E-state index in [2.05, 4.69) is 15.5 Å². The van der Waals surface area contributed by atoms with Crippen LogP contribution in [-0.4, -0.2) is 38.6 Å². The molecule has 2 rings (SSSR count). The number of nitro groups is 1. The fourth-order valence-corrected chi connectivity index (χ4v) is 2.50. The number of aromatic amines is 1. The minimum Gasteiger partial charge on any atom is -0.481 e. The summed E-state index contributed by atoms with van der Waals surface area (Å²) in [5.41, 5.74) is -0.713. The van der Waals surface area contributed by atoms with Gasteiger partial charge in [-0.15, -0.1) is 0 Å². The van der Waals surface area contributed by atoms with E-state index in [0.29, 0.717) is 23.7 Å². The second kappa shape index (κ2) is 6.65. The van der Waals surface area contributed by atoms with Crippen LogP contribution in [0.4, 0.5) is 5.69 Å². The van der Waals surface area contributed by atoms with Crippen molar-refractivity contribution < 1.29 is 19.6 Å². The van der Waals surface area contributed by atoms with Crippen molar-refractivity contribution in [3.05, 3.63) is 34.0 Å². The number of carboxylic acid groups (broad SMARTS) is 1. The van der Waals surface area contributed by atoms with Crippen molar-refractivity contribution in [2.45, 2.75) is 26.7 Å². The molecule has 1 aromatic heterocycles. The Morgan fingerprint density at radius 1 is 1.38 bits per heavy atom. The van der Waals surface area contributed by atoms with E-state index < -0.39 is 22.2 Å². The summed E-state index contributed by atoms with van der Waals surface area (Å²) in [5.74, 6) is -1.55. The Bertz CT molecular complexity index is 794. The quantitative estimate of drug-likeness (QED) is 0.523. The average molecular weight is 334 g/mol. The van der Waals surface area contributed by atoms with Crippen LogP contribution in [0, 0.1) is 15.5 Å². The van der Waals surface area contributed by atoms with Crippen molar-refractivity contribution in [2.75, 3.05) is 6.54 Å². The maximum atomic E-state index is 12.3. The van der Waals surface area contributed by atoms with Gasteiger partial charge in [0, 0.05) is 24.1 Å². The van der Waals surface area contributed by atoms with E-state index in [-0.39, 0.29) is 17.9 Å². The molecule has 9 heteroatoms. The molecule has 1 amide bonds. The molecule has 0 unspecified atom stereocenters. The summed E-state index contributed by atoms with van der Waals surface area (Å²) in [6.07, 6.45) is 0.734. The molecule has 0 aliphatic rings. The second-order valence-corrected chi connectivity index (χ2v) is 5.53. The number of nitro benzene ring substituents is 1. The van der Waals surface area contributed by atoms with Gasteiger partial charge in [-0.1, -0.05) is 13.8 Å². The highest BCUT2D eigenvalue weighted by Crippen LogP contribution is 2.26. The molecule has 1 aromatic carbocycles. The lowest BCUT2D eigenvalue weighted by molar-refractivity contribution is -0.384. The number of H-pyrrole nitrogens is 1. The summed E-state index contributed by atoms with van der Waals surface area (Å²) in [6, 6.07) is 4.04. The number of carbonyl (C=O) groups is 2. The number of carboxylic acids is 1. The van der Waals surface area contributed by atoms with E-state index >= 15 is 0 Å². The molecular weight excluding hydrogens is 316 g/mol. The topological polar surface area (TPSA) is 138 Å². The Morgan fingerprint density at radius 2 is 2.04 bits per heavy atom. The van der Waals surface area contributed by atoms with Crippen LogP contribution < -0.4 is 5.32 Å². The summed E-state index contributed by atoms with van der Waals surface area (Å²) in [5, 5.41) is 29.7. The van der Waals surface area contributed by atoms with Gasteiger partial charge in [0.1, 0.15) is 0 Å². The Hall–Kier alpha value is -2.97. The number of benzene rings is 1. The zero-order valence-corrected chi connectivity index (χ0v) is 13.3. The van der Waals surface area contributed by atoms with Crippen molar-refractivity contribution in [3.63, 3.8) is 0 Å². The van der Waals surface area contributed by atoms with Gasteiger partial charge in [-0.2, -0.15) is 5.10 Å². The molecule has 0 saturated carbocycles. The molecule has 0 atom stereocenters. The van der Waals surface area contributed by atoms with Crippen molar-refractivity contribution >= 4 is 28.5 Å². The summed E-state index contributed by atoms with van der Waals surface area (Å²) in [7, 11) is 0. The number of non-ortho nitro benzene ring substituents is 1. The second-order valence-electron chi connectivity index (χ2n) is 5.53. The van der Waals surface area contributed by atoms with Gasteiger partial charge in [0.05, 0.1) is 15.9 Å². The number of amides is 1. The highest BCUT2D eigenvalue weighted by molar-refractivity contribution is 6.05. The first kappa shape index (κ1) is 17.4. The van der Waals surface area contributed by atoms with Gasteiger partial charge in [0.25, 0.3) is 11.6 Å². The zero-order chi connectivity index (χ0) is 17.9. The highest BCUT2D eigenvalue weighted by atomic mass is 16.6. The number of carbonyl (C=O) groups excluding carboxylic acids is 1. The minimum absolute atomic E-state index is 0.000180. The molecule has 0 aliphatic carbocycles. The average Bonchev–Trinajstić information content (AvgIpc) is 2.98. The van der Waals surface area contributed by atoms with E-state index in [1.807, 2.05) is 0 Å². The maximum absolute atomic E-state index is 12.3. The molecule has 0 fully saturated rings. The fraction of sp³-hybridized carbons (Fsp3) is 0.400. The molecular formula is C15H18N4O5. The predicted molar refractivity (Wildman–Crippen MR) is 85.7 cm³/mol. The number of aliphatic carboxylic acids is 1. The molecule has 24 heavy (non-hydrogen) atoms. The minimum atomic E-state index is -1.05.